The number of halogens is 2. The van der Waals surface area contributed by atoms with Crippen molar-refractivity contribution < 1.29 is 23.1 Å². The number of imidazole rings is 1. The van der Waals surface area contributed by atoms with Crippen LogP contribution in [-0.4, -0.2) is 66.3 Å². The summed E-state index contributed by atoms with van der Waals surface area (Å²) < 4.78 is 35.1. The van der Waals surface area contributed by atoms with E-state index in [1.54, 1.807) is 21.5 Å². The highest BCUT2D eigenvalue weighted by Gasteiger charge is 2.28. The van der Waals surface area contributed by atoms with Crippen LogP contribution in [0.5, 0.6) is 0 Å². The van der Waals surface area contributed by atoms with Gasteiger partial charge in [-0.25, -0.2) is 13.8 Å². The van der Waals surface area contributed by atoms with Crippen LogP contribution < -0.4 is 0 Å². The van der Waals surface area contributed by atoms with Crippen molar-refractivity contribution in [2.45, 2.75) is 45.4 Å². The molecule has 3 aromatic heterocycles. The number of ether oxygens (including phenoxy) is 1. The molecule has 38 heavy (non-hydrogen) atoms. The Morgan fingerprint density at radius 2 is 1.89 bits per heavy atom. The molecule has 1 aromatic carbocycles. The molecule has 1 amide bonds. The van der Waals surface area contributed by atoms with E-state index in [1.807, 2.05) is 13.8 Å². The Kier molecular flexibility index (Phi) is 6.87. The largest absolute Gasteiger partial charge is 0.456 e. The van der Waals surface area contributed by atoms with Gasteiger partial charge >= 0.3 is 5.97 Å². The lowest BCUT2D eigenvalue weighted by Crippen LogP contribution is -2.40. The van der Waals surface area contributed by atoms with E-state index >= 15 is 0 Å². The minimum atomic E-state index is -0.733. The molecule has 4 aromatic rings. The molecule has 0 spiro atoms. The van der Waals surface area contributed by atoms with Gasteiger partial charge in [-0.05, 0) is 37.1 Å². The molecule has 1 aliphatic rings. The van der Waals surface area contributed by atoms with Crippen LogP contribution in [0.4, 0.5) is 8.78 Å². The first kappa shape index (κ1) is 25.4. The van der Waals surface area contributed by atoms with E-state index in [9.17, 15) is 18.4 Å². The van der Waals surface area contributed by atoms with E-state index in [-0.39, 0.29) is 29.9 Å². The van der Waals surface area contributed by atoms with Crippen molar-refractivity contribution >= 4 is 17.5 Å². The summed E-state index contributed by atoms with van der Waals surface area (Å²) in [5.74, 6) is -0.816. The van der Waals surface area contributed by atoms with Crippen LogP contribution >= 0.6 is 0 Å². The maximum Gasteiger partial charge on any atom is 0.303 e. The van der Waals surface area contributed by atoms with Gasteiger partial charge in [0.1, 0.15) is 28.8 Å². The first-order valence-corrected chi connectivity index (χ1v) is 12.4. The number of esters is 1. The van der Waals surface area contributed by atoms with Gasteiger partial charge in [0.25, 0.3) is 5.91 Å². The molecule has 1 saturated heterocycles. The van der Waals surface area contributed by atoms with Gasteiger partial charge in [0.2, 0.25) is 0 Å². The molecule has 0 aliphatic carbocycles. The predicted octanol–water partition coefficient (Wildman–Crippen LogP) is 3.85. The Morgan fingerprint density at radius 1 is 1.13 bits per heavy atom. The minimum Gasteiger partial charge on any atom is -0.456 e. The monoisotopic (exact) mass is 523 g/mol. The molecule has 12 heteroatoms. The summed E-state index contributed by atoms with van der Waals surface area (Å²) in [6.07, 6.45) is 1.22. The number of H-pyrrole nitrogens is 1. The summed E-state index contributed by atoms with van der Waals surface area (Å²) in [5, 5.41) is 13.1. The van der Waals surface area contributed by atoms with Crippen LogP contribution in [0, 0.1) is 11.6 Å². The first-order chi connectivity index (χ1) is 18.2. The number of likely N-dealkylation sites (tertiary alicyclic amines) is 1. The maximum atomic E-state index is 14.9. The third kappa shape index (κ3) is 4.98. The van der Waals surface area contributed by atoms with Gasteiger partial charge in [-0.1, -0.05) is 13.8 Å². The SMILES string of the molecule is CC(=O)OCC(=O)N1CCC(c2nc(-c3ccc(F)cc3F)c(-c3ccc4nnc(C(C)C)n4n3)[nH]2)CC1. The molecule has 0 unspecified atom stereocenters. The summed E-state index contributed by atoms with van der Waals surface area (Å²) in [5.41, 5.74) is 2.04. The van der Waals surface area contributed by atoms with Crippen molar-refractivity contribution in [2.24, 2.45) is 0 Å². The average molecular weight is 524 g/mol. The molecule has 0 radical (unpaired) electrons. The zero-order chi connectivity index (χ0) is 27.0. The lowest BCUT2D eigenvalue weighted by Gasteiger charge is -2.31. The zero-order valence-electron chi connectivity index (χ0n) is 21.2. The quantitative estimate of drug-likeness (QED) is 0.381. The van der Waals surface area contributed by atoms with Gasteiger partial charge < -0.3 is 14.6 Å². The van der Waals surface area contributed by atoms with Crippen molar-refractivity contribution in [3.05, 3.63) is 53.6 Å². The number of fused-ring (bicyclic) bond motifs is 1. The van der Waals surface area contributed by atoms with E-state index in [2.05, 4.69) is 15.2 Å². The Hall–Kier alpha value is -4.22. The highest BCUT2D eigenvalue weighted by molar-refractivity contribution is 5.80. The lowest BCUT2D eigenvalue weighted by molar-refractivity contribution is -0.150. The summed E-state index contributed by atoms with van der Waals surface area (Å²) in [4.78, 5) is 33.1. The number of nitrogens with one attached hydrogen (secondary N) is 1. The van der Waals surface area contributed by atoms with Crippen molar-refractivity contribution in [1.29, 1.82) is 0 Å². The van der Waals surface area contributed by atoms with Crippen LogP contribution in [-0.2, 0) is 14.3 Å². The van der Waals surface area contributed by atoms with Gasteiger partial charge in [0.05, 0.1) is 5.69 Å². The maximum absolute atomic E-state index is 14.9. The second-order valence-corrected chi connectivity index (χ2v) is 9.61. The number of amides is 1. The van der Waals surface area contributed by atoms with Crippen LogP contribution in [0.1, 0.15) is 57.1 Å². The Bertz CT molecular complexity index is 1510. The third-order valence-corrected chi connectivity index (χ3v) is 6.60. The molecule has 10 nitrogen and oxygen atoms in total. The summed E-state index contributed by atoms with van der Waals surface area (Å²) in [6.45, 7) is 5.88. The summed E-state index contributed by atoms with van der Waals surface area (Å²) in [6, 6.07) is 6.92. The number of hydrogen-bond donors (Lipinski definition) is 1. The number of carbonyl (C=O) groups is 2. The van der Waals surface area contributed by atoms with E-state index in [4.69, 9.17) is 14.8 Å². The van der Waals surface area contributed by atoms with Crippen molar-refractivity contribution in [3.63, 3.8) is 0 Å². The average Bonchev–Trinajstić information content (AvgIpc) is 3.52. The number of hydrogen-bond acceptors (Lipinski definition) is 7. The van der Waals surface area contributed by atoms with Crippen molar-refractivity contribution in [1.82, 2.24) is 34.7 Å². The number of benzene rings is 1. The van der Waals surface area contributed by atoms with Crippen LogP contribution in [0.25, 0.3) is 28.3 Å². The van der Waals surface area contributed by atoms with E-state index in [0.29, 0.717) is 60.3 Å². The highest BCUT2D eigenvalue weighted by Crippen LogP contribution is 2.35. The van der Waals surface area contributed by atoms with Gasteiger partial charge in [-0.2, -0.15) is 9.61 Å². The molecule has 0 saturated carbocycles. The Morgan fingerprint density at radius 3 is 2.58 bits per heavy atom. The second kappa shape index (κ2) is 10.3. The standard InChI is InChI=1S/C26H27F2N7O3/c1-14(2)26-32-31-21-7-6-20(33-35(21)26)24-23(18-5-4-17(27)12-19(18)28)29-25(30-24)16-8-10-34(11-9-16)22(37)13-38-15(3)36/h4-7,12,14,16H,8-11,13H2,1-3H3,(H,29,30). The van der Waals surface area contributed by atoms with E-state index in [1.165, 1.54) is 19.1 Å². The Balaban J connectivity index is 1.49. The van der Waals surface area contributed by atoms with E-state index in [0.717, 1.165) is 6.07 Å². The van der Waals surface area contributed by atoms with Crippen LogP contribution in [0.15, 0.2) is 30.3 Å². The lowest BCUT2D eigenvalue weighted by atomic mass is 9.96. The molecular weight excluding hydrogens is 496 g/mol. The summed E-state index contributed by atoms with van der Waals surface area (Å²) >= 11 is 0. The summed E-state index contributed by atoms with van der Waals surface area (Å²) in [7, 11) is 0. The number of aromatic nitrogens is 6. The first-order valence-electron chi connectivity index (χ1n) is 12.4. The van der Waals surface area contributed by atoms with Crippen LogP contribution in [0.2, 0.25) is 0 Å². The topological polar surface area (TPSA) is 118 Å². The fourth-order valence-corrected chi connectivity index (χ4v) is 4.60. The second-order valence-electron chi connectivity index (χ2n) is 9.61. The highest BCUT2D eigenvalue weighted by atomic mass is 19.1. The predicted molar refractivity (Wildman–Crippen MR) is 133 cm³/mol. The number of rotatable bonds is 6. The van der Waals surface area contributed by atoms with Gasteiger partial charge in [0, 0.05) is 43.5 Å². The molecule has 1 aliphatic heterocycles. The number of nitrogens with zero attached hydrogens (tertiary/aromatic N) is 6. The normalized spacial score (nSPS) is 14.4. The van der Waals surface area contributed by atoms with E-state index < -0.39 is 17.6 Å². The molecule has 1 N–H and O–H groups in total. The fraction of sp³-hybridized carbons (Fsp3) is 0.385. The molecule has 0 atom stereocenters. The van der Waals surface area contributed by atoms with Gasteiger partial charge in [-0.15, -0.1) is 10.2 Å². The number of aromatic amines is 1. The molecule has 5 rings (SSSR count). The smallest absolute Gasteiger partial charge is 0.303 e. The Labute approximate surface area is 217 Å². The molecule has 0 bridgehead atoms. The fourth-order valence-electron chi connectivity index (χ4n) is 4.60. The van der Waals surface area contributed by atoms with Crippen molar-refractivity contribution in [2.75, 3.05) is 19.7 Å². The molecular formula is C26H27F2N7O3. The van der Waals surface area contributed by atoms with Crippen LogP contribution in [0.3, 0.4) is 0 Å². The zero-order valence-corrected chi connectivity index (χ0v) is 21.2. The van der Waals surface area contributed by atoms with Gasteiger partial charge in [0.15, 0.2) is 18.1 Å². The third-order valence-electron chi connectivity index (χ3n) is 6.60. The number of piperidine rings is 1. The number of carbonyl (C=O) groups excluding carboxylic acids is 2. The van der Waals surface area contributed by atoms with Crippen molar-refractivity contribution in [3.8, 4) is 22.6 Å². The molecule has 198 valence electrons. The molecule has 4 heterocycles. The molecule has 1 fully saturated rings. The minimum absolute atomic E-state index is 0.0337. The van der Waals surface area contributed by atoms with Gasteiger partial charge in [-0.3, -0.25) is 9.59 Å².